The highest BCUT2D eigenvalue weighted by Gasteiger charge is 2.12. The van der Waals surface area contributed by atoms with Gasteiger partial charge in [0.2, 0.25) is 12.7 Å². The first kappa shape index (κ1) is 12.4. The van der Waals surface area contributed by atoms with Gasteiger partial charge in [-0.15, -0.1) is 0 Å². The molecule has 0 bridgehead atoms. The van der Waals surface area contributed by atoms with E-state index < -0.39 is 0 Å². The Labute approximate surface area is 106 Å². The highest BCUT2D eigenvalue weighted by Crippen LogP contribution is 2.32. The Bertz CT molecular complexity index is 458. The molecule has 0 aliphatic carbocycles. The van der Waals surface area contributed by atoms with Gasteiger partial charge >= 0.3 is 0 Å². The first-order chi connectivity index (χ1) is 8.79. The number of hydrogen-bond acceptors (Lipinski definition) is 4. The van der Waals surface area contributed by atoms with Gasteiger partial charge in [0.1, 0.15) is 0 Å². The lowest BCUT2D eigenvalue weighted by atomic mass is 10.2. The zero-order valence-electron chi connectivity index (χ0n) is 10.0. The molecule has 2 rings (SSSR count). The molecule has 3 N–H and O–H groups in total. The Morgan fingerprint density at radius 2 is 2.22 bits per heavy atom. The topological polar surface area (TPSA) is 73.6 Å². The van der Waals surface area contributed by atoms with Crippen molar-refractivity contribution in [1.82, 2.24) is 5.32 Å². The maximum absolute atomic E-state index is 11.4. The molecule has 0 radical (unpaired) electrons. The van der Waals surface area contributed by atoms with E-state index in [-0.39, 0.29) is 12.7 Å². The molecule has 1 heterocycles. The van der Waals surface area contributed by atoms with Gasteiger partial charge in [-0.25, -0.2) is 0 Å². The number of fused-ring (bicyclic) bond motifs is 1. The van der Waals surface area contributed by atoms with Crippen LogP contribution in [0.2, 0.25) is 0 Å². The van der Waals surface area contributed by atoms with E-state index in [1.807, 2.05) is 18.2 Å². The summed E-state index contributed by atoms with van der Waals surface area (Å²) >= 11 is 0. The van der Waals surface area contributed by atoms with Crippen LogP contribution in [0.15, 0.2) is 24.3 Å². The predicted octanol–water partition coefficient (Wildman–Crippen LogP) is 0.893. The van der Waals surface area contributed by atoms with Gasteiger partial charge in [0.25, 0.3) is 0 Å². The molecular weight excluding hydrogens is 232 g/mol. The molecule has 0 fully saturated rings. The Morgan fingerprint density at radius 3 is 3.06 bits per heavy atom. The second kappa shape index (κ2) is 6.07. The summed E-state index contributed by atoms with van der Waals surface area (Å²) in [6.07, 6.45) is 4.01. The molecule has 5 nitrogen and oxygen atoms in total. The van der Waals surface area contributed by atoms with E-state index in [0.29, 0.717) is 18.8 Å². The Kier molecular flexibility index (Phi) is 4.20. The molecule has 1 aromatic carbocycles. The lowest BCUT2D eigenvalue weighted by molar-refractivity contribution is -0.116. The van der Waals surface area contributed by atoms with Gasteiger partial charge in [0, 0.05) is 12.6 Å². The monoisotopic (exact) mass is 248 g/mol. The fourth-order valence-corrected chi connectivity index (χ4v) is 1.56. The second-order valence-electron chi connectivity index (χ2n) is 3.88. The zero-order chi connectivity index (χ0) is 12.8. The van der Waals surface area contributed by atoms with Gasteiger partial charge in [-0.2, -0.15) is 0 Å². The van der Waals surface area contributed by atoms with Crippen LogP contribution in [-0.4, -0.2) is 25.8 Å². The molecular formula is C13H16N2O3. The maximum Gasteiger partial charge on any atom is 0.243 e. The van der Waals surface area contributed by atoms with Crippen LogP contribution >= 0.6 is 0 Å². The van der Waals surface area contributed by atoms with Crippen LogP contribution in [0.1, 0.15) is 12.0 Å². The number of benzene rings is 1. The van der Waals surface area contributed by atoms with Crippen molar-refractivity contribution in [2.75, 3.05) is 19.9 Å². The number of nitrogens with two attached hydrogens (primary N) is 1. The van der Waals surface area contributed by atoms with Crippen molar-refractivity contribution in [3.63, 3.8) is 0 Å². The molecule has 1 aliphatic rings. The molecule has 1 aliphatic heterocycles. The van der Waals surface area contributed by atoms with Crippen LogP contribution in [0.3, 0.4) is 0 Å². The summed E-state index contributed by atoms with van der Waals surface area (Å²) in [6, 6.07) is 5.54. The number of hydrogen-bond donors (Lipinski definition) is 2. The fourth-order valence-electron chi connectivity index (χ4n) is 1.56. The summed E-state index contributed by atoms with van der Waals surface area (Å²) in [6.45, 7) is 1.43. The molecule has 1 amide bonds. The minimum absolute atomic E-state index is 0.124. The summed E-state index contributed by atoms with van der Waals surface area (Å²) in [5.74, 6) is 1.32. The highest BCUT2D eigenvalue weighted by atomic mass is 16.7. The van der Waals surface area contributed by atoms with Crippen molar-refractivity contribution in [2.45, 2.75) is 6.42 Å². The average Bonchev–Trinajstić information content (AvgIpc) is 2.84. The van der Waals surface area contributed by atoms with E-state index in [0.717, 1.165) is 17.7 Å². The zero-order valence-corrected chi connectivity index (χ0v) is 10.0. The van der Waals surface area contributed by atoms with Crippen molar-refractivity contribution in [3.8, 4) is 11.5 Å². The summed E-state index contributed by atoms with van der Waals surface area (Å²) in [7, 11) is 0. The third-order valence-corrected chi connectivity index (χ3v) is 2.50. The van der Waals surface area contributed by atoms with Crippen LogP contribution in [0.5, 0.6) is 11.5 Å². The van der Waals surface area contributed by atoms with Gasteiger partial charge < -0.3 is 20.5 Å². The maximum atomic E-state index is 11.4. The number of carbonyl (C=O) groups excluding carboxylic acids is 1. The fraction of sp³-hybridized carbons (Fsp3) is 0.308. The van der Waals surface area contributed by atoms with E-state index in [1.54, 1.807) is 6.08 Å². The lowest BCUT2D eigenvalue weighted by Crippen LogP contribution is -2.23. The van der Waals surface area contributed by atoms with Crippen LogP contribution in [0, 0.1) is 0 Å². The van der Waals surface area contributed by atoms with Crippen molar-refractivity contribution < 1.29 is 14.3 Å². The SMILES string of the molecule is NCCCNC(=O)C=Cc1ccc2c(c1)OCO2. The smallest absolute Gasteiger partial charge is 0.243 e. The summed E-state index contributed by atoms with van der Waals surface area (Å²) in [4.78, 5) is 11.4. The van der Waals surface area contributed by atoms with E-state index in [9.17, 15) is 4.79 Å². The first-order valence-corrected chi connectivity index (χ1v) is 5.85. The molecule has 0 saturated heterocycles. The molecule has 0 saturated carbocycles. The van der Waals surface area contributed by atoms with Gasteiger partial charge in [0.05, 0.1) is 0 Å². The average molecular weight is 248 g/mol. The van der Waals surface area contributed by atoms with E-state index >= 15 is 0 Å². The molecule has 96 valence electrons. The molecule has 1 aromatic rings. The van der Waals surface area contributed by atoms with Gasteiger partial charge in [-0.05, 0) is 36.7 Å². The molecule has 0 atom stereocenters. The van der Waals surface area contributed by atoms with Crippen molar-refractivity contribution in [1.29, 1.82) is 0 Å². The third-order valence-electron chi connectivity index (χ3n) is 2.50. The van der Waals surface area contributed by atoms with Crippen molar-refractivity contribution >= 4 is 12.0 Å². The minimum atomic E-state index is -0.124. The van der Waals surface area contributed by atoms with E-state index in [2.05, 4.69) is 5.32 Å². The second-order valence-corrected chi connectivity index (χ2v) is 3.88. The number of amides is 1. The summed E-state index contributed by atoms with van der Waals surface area (Å²) in [5, 5.41) is 2.74. The minimum Gasteiger partial charge on any atom is -0.454 e. The van der Waals surface area contributed by atoms with Crippen molar-refractivity contribution in [3.05, 3.63) is 29.8 Å². The summed E-state index contributed by atoms with van der Waals surface area (Å²) < 4.78 is 10.5. The van der Waals surface area contributed by atoms with Gasteiger partial charge in [-0.3, -0.25) is 4.79 Å². The number of nitrogens with one attached hydrogen (secondary N) is 1. The molecule has 0 spiro atoms. The Balaban J connectivity index is 1.90. The predicted molar refractivity (Wildman–Crippen MR) is 68.3 cm³/mol. The van der Waals surface area contributed by atoms with Crippen LogP contribution in [-0.2, 0) is 4.79 Å². The lowest BCUT2D eigenvalue weighted by Gasteiger charge is -2.00. The first-order valence-electron chi connectivity index (χ1n) is 5.85. The Hall–Kier alpha value is -2.01. The molecule has 0 unspecified atom stereocenters. The highest BCUT2D eigenvalue weighted by molar-refractivity contribution is 5.91. The van der Waals surface area contributed by atoms with Crippen molar-refractivity contribution in [2.24, 2.45) is 5.73 Å². The normalized spacial score (nSPS) is 12.9. The number of carbonyl (C=O) groups is 1. The summed E-state index contributed by atoms with van der Waals surface area (Å²) in [5.41, 5.74) is 6.23. The molecule has 18 heavy (non-hydrogen) atoms. The third kappa shape index (κ3) is 3.24. The van der Waals surface area contributed by atoms with E-state index in [4.69, 9.17) is 15.2 Å². The number of rotatable bonds is 5. The van der Waals surface area contributed by atoms with Crippen LogP contribution < -0.4 is 20.5 Å². The molecule has 5 heteroatoms. The van der Waals surface area contributed by atoms with Crippen LogP contribution in [0.4, 0.5) is 0 Å². The standard InChI is InChI=1S/C13H16N2O3/c14-6-1-7-15-13(16)5-3-10-2-4-11-12(8-10)18-9-17-11/h2-5,8H,1,6-7,9,14H2,(H,15,16). The van der Waals surface area contributed by atoms with Crippen LogP contribution in [0.25, 0.3) is 6.08 Å². The van der Waals surface area contributed by atoms with Gasteiger partial charge in [-0.1, -0.05) is 6.07 Å². The van der Waals surface area contributed by atoms with Gasteiger partial charge in [0.15, 0.2) is 11.5 Å². The quantitative estimate of drug-likeness (QED) is 0.599. The Morgan fingerprint density at radius 1 is 1.39 bits per heavy atom. The van der Waals surface area contributed by atoms with E-state index in [1.165, 1.54) is 6.08 Å². The largest absolute Gasteiger partial charge is 0.454 e. The number of ether oxygens (including phenoxy) is 2. The molecule has 0 aromatic heterocycles.